The highest BCUT2D eigenvalue weighted by Crippen LogP contribution is 2.50. The molecule has 7 nitrogen and oxygen atoms in total. The molecule has 0 radical (unpaired) electrons. The van der Waals surface area contributed by atoms with Crippen LogP contribution in [0.5, 0.6) is 11.5 Å². The van der Waals surface area contributed by atoms with Crippen molar-refractivity contribution in [2.24, 2.45) is 11.8 Å². The number of amides is 2. The summed E-state index contributed by atoms with van der Waals surface area (Å²) in [6, 6.07) is 24.7. The Morgan fingerprint density at radius 1 is 0.750 bits per heavy atom. The molecule has 198 valence electrons. The Hall–Kier alpha value is -4.91. The summed E-state index contributed by atoms with van der Waals surface area (Å²) in [6.45, 7) is 0. The van der Waals surface area contributed by atoms with Gasteiger partial charge in [0.2, 0.25) is 11.8 Å². The molecule has 3 aliphatic rings. The number of fused-ring (bicyclic) bond motifs is 6. The molecular formula is C33H26N2O5. The van der Waals surface area contributed by atoms with Gasteiger partial charge in [-0.25, -0.2) is 4.90 Å². The molecule has 0 aliphatic carbocycles. The number of Topliss-reactive ketones (excluding diaryl/α,β-unsaturated/α-hetero) is 1. The van der Waals surface area contributed by atoms with Gasteiger partial charge in [-0.05, 0) is 41.3 Å². The van der Waals surface area contributed by atoms with Crippen molar-refractivity contribution in [3.05, 3.63) is 102 Å². The van der Waals surface area contributed by atoms with Crippen LogP contribution in [-0.4, -0.2) is 43.9 Å². The second kappa shape index (κ2) is 9.09. The number of nitrogens with zero attached hydrogens (tertiary/aromatic N) is 2. The fourth-order valence-corrected chi connectivity index (χ4v) is 6.61. The van der Waals surface area contributed by atoms with Crippen molar-refractivity contribution >= 4 is 45.8 Å². The predicted molar refractivity (Wildman–Crippen MR) is 153 cm³/mol. The topological polar surface area (TPSA) is 76.2 Å². The SMILES string of the molecule is COc1ccc(C(=O)C2C3C(=O)N(c4cccc5ccccc45)C(=O)C3C3C=Cc4ccccc4N32)cc1OC. The molecule has 0 N–H and O–H groups in total. The van der Waals surface area contributed by atoms with Gasteiger partial charge in [0.05, 0.1) is 37.8 Å². The minimum atomic E-state index is -0.879. The van der Waals surface area contributed by atoms with E-state index >= 15 is 0 Å². The first-order valence-electron chi connectivity index (χ1n) is 13.2. The second-order valence-corrected chi connectivity index (χ2v) is 10.3. The van der Waals surface area contributed by atoms with Crippen LogP contribution in [0.1, 0.15) is 15.9 Å². The molecule has 4 aromatic rings. The van der Waals surface area contributed by atoms with Crippen molar-refractivity contribution < 1.29 is 23.9 Å². The fraction of sp³-hybridized carbons (Fsp3) is 0.182. The zero-order valence-electron chi connectivity index (χ0n) is 22.0. The Bertz CT molecular complexity index is 1740. The summed E-state index contributed by atoms with van der Waals surface area (Å²) < 4.78 is 10.8. The van der Waals surface area contributed by atoms with E-state index in [2.05, 4.69) is 0 Å². The molecule has 0 spiro atoms. The highest BCUT2D eigenvalue weighted by molar-refractivity contribution is 6.27. The van der Waals surface area contributed by atoms with Gasteiger partial charge in [-0.2, -0.15) is 0 Å². The van der Waals surface area contributed by atoms with Crippen LogP contribution in [0, 0.1) is 11.8 Å². The predicted octanol–water partition coefficient (Wildman–Crippen LogP) is 5.13. The fourth-order valence-electron chi connectivity index (χ4n) is 6.61. The van der Waals surface area contributed by atoms with Gasteiger partial charge in [-0.1, -0.05) is 66.7 Å². The number of carbonyl (C=O) groups excluding carboxylic acids is 3. The molecule has 2 fully saturated rings. The molecule has 4 atom stereocenters. The summed E-state index contributed by atoms with van der Waals surface area (Å²) in [4.78, 5) is 46.2. The molecule has 0 aromatic heterocycles. The van der Waals surface area contributed by atoms with E-state index in [1.54, 1.807) is 24.3 Å². The van der Waals surface area contributed by atoms with Gasteiger partial charge < -0.3 is 14.4 Å². The molecule has 3 aliphatic heterocycles. The summed E-state index contributed by atoms with van der Waals surface area (Å²) in [6.07, 6.45) is 3.94. The lowest BCUT2D eigenvalue weighted by atomic mass is 9.86. The van der Waals surface area contributed by atoms with Gasteiger partial charge in [0.25, 0.3) is 0 Å². The first-order chi connectivity index (χ1) is 19.5. The van der Waals surface area contributed by atoms with Crippen LogP contribution in [0.3, 0.4) is 0 Å². The van der Waals surface area contributed by atoms with Crippen molar-refractivity contribution in [2.75, 3.05) is 24.0 Å². The van der Waals surface area contributed by atoms with E-state index in [1.165, 1.54) is 19.1 Å². The zero-order valence-corrected chi connectivity index (χ0v) is 22.0. The number of rotatable bonds is 5. The summed E-state index contributed by atoms with van der Waals surface area (Å²) in [7, 11) is 3.05. The van der Waals surface area contributed by atoms with Gasteiger partial charge in [0.15, 0.2) is 17.3 Å². The Labute approximate surface area is 231 Å². The van der Waals surface area contributed by atoms with Crippen molar-refractivity contribution in [3.8, 4) is 11.5 Å². The molecule has 0 saturated carbocycles. The first kappa shape index (κ1) is 24.2. The summed E-state index contributed by atoms with van der Waals surface area (Å²) >= 11 is 0. The van der Waals surface area contributed by atoms with E-state index in [4.69, 9.17) is 9.47 Å². The largest absolute Gasteiger partial charge is 0.493 e. The maximum atomic E-state index is 14.4. The van der Waals surface area contributed by atoms with Crippen LogP contribution >= 0.6 is 0 Å². The van der Waals surface area contributed by atoms with Gasteiger partial charge in [-0.15, -0.1) is 0 Å². The van der Waals surface area contributed by atoms with Crippen molar-refractivity contribution in [1.29, 1.82) is 0 Å². The average Bonchev–Trinajstić information content (AvgIpc) is 3.48. The maximum absolute atomic E-state index is 14.4. The van der Waals surface area contributed by atoms with Crippen LogP contribution in [0.15, 0.2) is 91.0 Å². The number of ketones is 1. The summed E-state index contributed by atoms with van der Waals surface area (Å²) in [5.41, 5.74) is 2.71. The quantitative estimate of drug-likeness (QED) is 0.263. The van der Waals surface area contributed by atoms with E-state index in [0.717, 1.165) is 22.0 Å². The van der Waals surface area contributed by atoms with E-state index in [1.807, 2.05) is 77.7 Å². The van der Waals surface area contributed by atoms with Gasteiger partial charge >= 0.3 is 0 Å². The minimum absolute atomic E-state index is 0.246. The number of ether oxygens (including phenoxy) is 2. The van der Waals surface area contributed by atoms with Crippen LogP contribution in [0.25, 0.3) is 16.8 Å². The zero-order chi connectivity index (χ0) is 27.5. The van der Waals surface area contributed by atoms with Crippen LogP contribution < -0.4 is 19.3 Å². The molecule has 2 saturated heterocycles. The highest BCUT2D eigenvalue weighted by Gasteiger charge is 2.64. The summed E-state index contributed by atoms with van der Waals surface area (Å²) in [5, 5.41) is 1.75. The minimum Gasteiger partial charge on any atom is -0.493 e. The van der Waals surface area contributed by atoms with E-state index in [0.29, 0.717) is 22.7 Å². The normalized spacial score (nSPS) is 22.8. The maximum Gasteiger partial charge on any atom is 0.240 e. The number of para-hydroxylation sites is 1. The molecule has 2 amide bonds. The molecule has 7 heteroatoms. The third-order valence-corrected chi connectivity index (χ3v) is 8.36. The van der Waals surface area contributed by atoms with E-state index in [9.17, 15) is 14.4 Å². The first-order valence-corrected chi connectivity index (χ1v) is 13.2. The molecule has 7 rings (SSSR count). The van der Waals surface area contributed by atoms with Gasteiger partial charge in [0.1, 0.15) is 6.04 Å². The lowest BCUT2D eigenvalue weighted by Crippen LogP contribution is -2.48. The number of benzene rings is 4. The summed E-state index contributed by atoms with van der Waals surface area (Å²) in [5.74, 6) is -1.52. The molecule has 4 aromatic carbocycles. The van der Waals surface area contributed by atoms with E-state index in [-0.39, 0.29) is 17.6 Å². The monoisotopic (exact) mass is 530 g/mol. The Morgan fingerprint density at radius 3 is 2.27 bits per heavy atom. The lowest BCUT2D eigenvalue weighted by Gasteiger charge is -2.36. The molecule has 0 bridgehead atoms. The smallest absolute Gasteiger partial charge is 0.240 e. The van der Waals surface area contributed by atoms with Crippen molar-refractivity contribution in [3.63, 3.8) is 0 Å². The Morgan fingerprint density at radius 2 is 1.45 bits per heavy atom. The second-order valence-electron chi connectivity index (χ2n) is 10.3. The van der Waals surface area contributed by atoms with Gasteiger partial charge in [0, 0.05) is 16.6 Å². The Kier molecular flexibility index (Phi) is 5.49. The number of hydrogen-bond acceptors (Lipinski definition) is 6. The average molecular weight is 531 g/mol. The van der Waals surface area contributed by atoms with Crippen molar-refractivity contribution in [2.45, 2.75) is 12.1 Å². The number of methoxy groups -OCH3 is 2. The Balaban J connectivity index is 1.38. The van der Waals surface area contributed by atoms with Gasteiger partial charge in [-0.3, -0.25) is 14.4 Å². The molecule has 40 heavy (non-hydrogen) atoms. The standard InChI is InChI=1S/C33H26N2O5/c1-39-26-17-15-21(18-27(26)40-2)31(36)30-29-28(25-16-14-20-9-4-6-12-23(20)34(25)30)32(37)35(33(29)38)24-13-7-10-19-8-3-5-11-22(19)24/h3-18,25,28-30H,1-2H3. The number of anilines is 2. The molecule has 3 heterocycles. The molecular weight excluding hydrogens is 504 g/mol. The highest BCUT2D eigenvalue weighted by atomic mass is 16.5. The molecule has 4 unspecified atom stereocenters. The number of imide groups is 1. The third-order valence-electron chi connectivity index (χ3n) is 8.36. The van der Waals surface area contributed by atoms with Crippen molar-refractivity contribution in [1.82, 2.24) is 0 Å². The lowest BCUT2D eigenvalue weighted by molar-refractivity contribution is -0.122. The van der Waals surface area contributed by atoms with E-state index < -0.39 is 23.9 Å². The van der Waals surface area contributed by atoms with Crippen LogP contribution in [-0.2, 0) is 9.59 Å². The van der Waals surface area contributed by atoms with Crippen LogP contribution in [0.2, 0.25) is 0 Å². The van der Waals surface area contributed by atoms with Crippen LogP contribution in [0.4, 0.5) is 11.4 Å². The number of hydrogen-bond donors (Lipinski definition) is 0. The number of carbonyl (C=O) groups is 3. The third kappa shape index (κ3) is 3.33.